The highest BCUT2D eigenvalue weighted by molar-refractivity contribution is 8.00. The van der Waals surface area contributed by atoms with E-state index in [1.807, 2.05) is 32.0 Å². The van der Waals surface area contributed by atoms with E-state index in [4.69, 9.17) is 0 Å². The molecule has 8 heteroatoms. The Kier molecular flexibility index (Phi) is 6.82. The van der Waals surface area contributed by atoms with Crippen LogP contribution in [0.5, 0.6) is 0 Å². The molecule has 0 spiro atoms. The highest BCUT2D eigenvalue weighted by atomic mass is 32.2. The van der Waals surface area contributed by atoms with Gasteiger partial charge in [-0.15, -0.1) is 11.3 Å². The van der Waals surface area contributed by atoms with Crippen LogP contribution >= 0.6 is 23.1 Å². The van der Waals surface area contributed by atoms with Gasteiger partial charge in [0.2, 0.25) is 5.91 Å². The fourth-order valence-corrected chi connectivity index (χ4v) is 4.99. The molecule has 6 nitrogen and oxygen atoms in total. The maximum Gasteiger partial charge on any atom is 0.253 e. The van der Waals surface area contributed by atoms with Crippen LogP contribution in [0.3, 0.4) is 0 Å². The van der Waals surface area contributed by atoms with Crippen LogP contribution in [0.25, 0.3) is 20.7 Å². The molecule has 2 amide bonds. The number of hydrogen-bond donors (Lipinski definition) is 2. The van der Waals surface area contributed by atoms with Gasteiger partial charge in [-0.1, -0.05) is 54.2 Å². The summed E-state index contributed by atoms with van der Waals surface area (Å²) in [5.41, 5.74) is 2.06. The van der Waals surface area contributed by atoms with Crippen molar-refractivity contribution in [2.45, 2.75) is 24.9 Å². The Morgan fingerprint density at radius 3 is 2.56 bits per heavy atom. The Balaban J connectivity index is 1.47. The van der Waals surface area contributed by atoms with E-state index in [0.717, 1.165) is 25.7 Å². The number of carbonyl (C=O) groups excluding carboxylic acids is 2. The summed E-state index contributed by atoms with van der Waals surface area (Å²) in [4.78, 5) is 35.8. The van der Waals surface area contributed by atoms with Crippen LogP contribution in [0, 0.1) is 0 Å². The molecule has 32 heavy (non-hydrogen) atoms. The maximum atomic E-state index is 12.6. The second kappa shape index (κ2) is 9.93. The number of hydrogen-bond acceptors (Lipinski definition) is 6. The average Bonchev–Trinajstić information content (AvgIpc) is 3.23. The van der Waals surface area contributed by atoms with Gasteiger partial charge in [-0.3, -0.25) is 9.59 Å². The van der Waals surface area contributed by atoms with Gasteiger partial charge in [0, 0.05) is 16.3 Å². The molecule has 0 bridgehead atoms. The highest BCUT2D eigenvalue weighted by Crippen LogP contribution is 2.36. The summed E-state index contributed by atoms with van der Waals surface area (Å²) in [5.74, 6) is -0.249. The molecule has 162 valence electrons. The lowest BCUT2D eigenvalue weighted by molar-refractivity contribution is -0.113. The molecule has 4 aromatic rings. The first-order valence-electron chi connectivity index (χ1n) is 10.1. The summed E-state index contributed by atoms with van der Waals surface area (Å²) in [6, 6.07) is 19.2. The summed E-state index contributed by atoms with van der Waals surface area (Å²) in [6.45, 7) is 3.79. The highest BCUT2D eigenvalue weighted by Gasteiger charge is 2.15. The number of amides is 2. The fraction of sp³-hybridized carbons (Fsp3) is 0.167. The Bertz CT molecular complexity index is 1260. The van der Waals surface area contributed by atoms with Gasteiger partial charge in [-0.25, -0.2) is 9.97 Å². The van der Waals surface area contributed by atoms with Crippen molar-refractivity contribution in [1.29, 1.82) is 0 Å². The van der Waals surface area contributed by atoms with Gasteiger partial charge in [0.15, 0.2) is 0 Å². The lowest BCUT2D eigenvalue weighted by Gasteiger charge is -2.13. The van der Waals surface area contributed by atoms with Crippen LogP contribution in [0.4, 0.5) is 5.69 Å². The molecule has 0 saturated carbocycles. The van der Waals surface area contributed by atoms with Crippen LogP contribution in [0.15, 0.2) is 72.0 Å². The number of anilines is 1. The van der Waals surface area contributed by atoms with Crippen molar-refractivity contribution >= 4 is 50.8 Å². The van der Waals surface area contributed by atoms with E-state index in [1.165, 1.54) is 18.1 Å². The van der Waals surface area contributed by atoms with Crippen LogP contribution in [-0.4, -0.2) is 33.6 Å². The number of nitrogens with one attached hydrogen (secondary N) is 2. The SMILES string of the molecule is CC(C)NC(=O)c1ccccc1NC(=O)CSc1ncnc2sc(-c3ccccc3)cc12. The summed E-state index contributed by atoms with van der Waals surface area (Å²) < 4.78 is 0. The van der Waals surface area contributed by atoms with E-state index in [1.54, 1.807) is 35.6 Å². The van der Waals surface area contributed by atoms with Gasteiger partial charge in [0.25, 0.3) is 5.91 Å². The minimum atomic E-state index is -0.215. The molecule has 4 rings (SSSR count). The molecule has 0 radical (unpaired) electrons. The predicted molar refractivity (Wildman–Crippen MR) is 131 cm³/mol. The molecule has 0 aliphatic heterocycles. The third-order valence-corrected chi connectivity index (χ3v) is 6.65. The number of aromatic nitrogens is 2. The van der Waals surface area contributed by atoms with Crippen molar-refractivity contribution in [2.24, 2.45) is 0 Å². The molecule has 0 saturated heterocycles. The van der Waals surface area contributed by atoms with Crippen molar-refractivity contribution in [1.82, 2.24) is 15.3 Å². The molecule has 0 aliphatic rings. The quantitative estimate of drug-likeness (QED) is 0.290. The minimum Gasteiger partial charge on any atom is -0.350 e. The summed E-state index contributed by atoms with van der Waals surface area (Å²) >= 11 is 2.96. The molecule has 0 aliphatic carbocycles. The van der Waals surface area contributed by atoms with E-state index in [9.17, 15) is 9.59 Å². The summed E-state index contributed by atoms with van der Waals surface area (Å²) in [5, 5.41) is 7.40. The van der Waals surface area contributed by atoms with Crippen molar-refractivity contribution in [3.63, 3.8) is 0 Å². The monoisotopic (exact) mass is 462 g/mol. The van der Waals surface area contributed by atoms with Gasteiger partial charge >= 0.3 is 0 Å². The second-order valence-corrected chi connectivity index (χ2v) is 9.38. The zero-order valence-electron chi connectivity index (χ0n) is 17.7. The van der Waals surface area contributed by atoms with Gasteiger partial charge in [-0.2, -0.15) is 0 Å². The number of thioether (sulfide) groups is 1. The average molecular weight is 463 g/mol. The Morgan fingerprint density at radius 2 is 1.78 bits per heavy atom. The third kappa shape index (κ3) is 5.15. The molecule has 2 N–H and O–H groups in total. The molecule has 0 atom stereocenters. The molecule has 0 fully saturated rings. The molecule has 0 unspecified atom stereocenters. The Morgan fingerprint density at radius 1 is 1.03 bits per heavy atom. The topological polar surface area (TPSA) is 84.0 Å². The first kappa shape index (κ1) is 22.0. The van der Waals surface area contributed by atoms with Crippen LogP contribution < -0.4 is 10.6 Å². The molecular weight excluding hydrogens is 440 g/mol. The fourth-order valence-electron chi connectivity index (χ4n) is 3.14. The molecular formula is C24H22N4O2S2. The second-order valence-electron chi connectivity index (χ2n) is 7.38. The zero-order valence-corrected chi connectivity index (χ0v) is 19.3. The molecule has 2 aromatic carbocycles. The number of carbonyl (C=O) groups is 2. The number of fused-ring (bicyclic) bond motifs is 1. The smallest absolute Gasteiger partial charge is 0.253 e. The van der Waals surface area contributed by atoms with Crippen LogP contribution in [0.2, 0.25) is 0 Å². The zero-order chi connectivity index (χ0) is 22.5. The lowest BCUT2D eigenvalue weighted by Crippen LogP contribution is -2.31. The van der Waals surface area contributed by atoms with E-state index < -0.39 is 0 Å². The Hall–Kier alpha value is -3.23. The van der Waals surface area contributed by atoms with Crippen molar-refractivity contribution in [2.75, 3.05) is 11.1 Å². The van der Waals surface area contributed by atoms with Crippen LogP contribution in [0.1, 0.15) is 24.2 Å². The van der Waals surface area contributed by atoms with Crippen LogP contribution in [-0.2, 0) is 4.79 Å². The standard InChI is InChI=1S/C24H22N4O2S2/c1-15(2)27-22(30)17-10-6-7-11-19(17)28-21(29)13-31-23-18-12-20(16-8-4-3-5-9-16)32-24(18)26-14-25-23/h3-12,14-15H,13H2,1-2H3,(H,27,30)(H,28,29). The summed E-state index contributed by atoms with van der Waals surface area (Å²) in [6.07, 6.45) is 1.53. The lowest BCUT2D eigenvalue weighted by atomic mass is 10.1. The van der Waals surface area contributed by atoms with Gasteiger partial charge in [0.1, 0.15) is 16.2 Å². The van der Waals surface area contributed by atoms with E-state index in [-0.39, 0.29) is 23.6 Å². The van der Waals surface area contributed by atoms with Gasteiger partial charge in [-0.05, 0) is 37.6 Å². The largest absolute Gasteiger partial charge is 0.350 e. The minimum absolute atomic E-state index is 0.00775. The van der Waals surface area contributed by atoms with Crippen molar-refractivity contribution in [3.05, 3.63) is 72.6 Å². The van der Waals surface area contributed by atoms with E-state index >= 15 is 0 Å². The first-order chi connectivity index (χ1) is 15.5. The molecule has 2 aromatic heterocycles. The maximum absolute atomic E-state index is 12.6. The van der Waals surface area contributed by atoms with Gasteiger partial charge < -0.3 is 10.6 Å². The van der Waals surface area contributed by atoms with Crippen molar-refractivity contribution < 1.29 is 9.59 Å². The predicted octanol–water partition coefficient (Wildman–Crippen LogP) is 5.23. The number of para-hydroxylation sites is 1. The third-order valence-electron chi connectivity index (χ3n) is 4.56. The van der Waals surface area contributed by atoms with Crippen molar-refractivity contribution in [3.8, 4) is 10.4 Å². The normalized spacial score (nSPS) is 11.0. The Labute approximate surface area is 194 Å². The first-order valence-corrected chi connectivity index (χ1v) is 11.9. The van der Waals surface area contributed by atoms with E-state index in [0.29, 0.717) is 11.3 Å². The van der Waals surface area contributed by atoms with E-state index in [2.05, 4.69) is 38.8 Å². The number of nitrogens with zero attached hydrogens (tertiary/aromatic N) is 2. The molecule has 2 heterocycles. The van der Waals surface area contributed by atoms with Gasteiger partial charge in [0.05, 0.1) is 17.0 Å². The summed E-state index contributed by atoms with van der Waals surface area (Å²) in [7, 11) is 0. The number of benzene rings is 2. The number of thiophene rings is 1. The number of rotatable bonds is 7.